The van der Waals surface area contributed by atoms with E-state index in [1.807, 2.05) is 0 Å². The van der Waals surface area contributed by atoms with Gasteiger partial charge in [0.25, 0.3) is 0 Å². The topological polar surface area (TPSA) is 58.4 Å². The van der Waals surface area contributed by atoms with Gasteiger partial charge in [-0.3, -0.25) is 4.79 Å². The van der Waals surface area contributed by atoms with E-state index in [4.69, 9.17) is 5.73 Å². The normalized spacial score (nSPS) is 19.8. The molecule has 2 rings (SSSR count). The Morgan fingerprint density at radius 3 is 3.00 bits per heavy atom. The lowest BCUT2D eigenvalue weighted by atomic mass is 10.1. The zero-order chi connectivity index (χ0) is 11.0. The van der Waals surface area contributed by atoms with Gasteiger partial charge in [-0.05, 0) is 18.2 Å². The molecule has 0 fully saturated rings. The zero-order valence-corrected chi connectivity index (χ0v) is 8.33. The maximum atomic E-state index is 12.9. The Kier molecular flexibility index (Phi) is 2.32. The first-order chi connectivity index (χ1) is 7.13. The quantitative estimate of drug-likeness (QED) is 0.709. The number of hydrogen-bond donors (Lipinski definition) is 2. The molecule has 0 aromatic heterocycles. The van der Waals surface area contributed by atoms with Crippen molar-refractivity contribution >= 4 is 17.3 Å². The Morgan fingerprint density at radius 1 is 1.60 bits per heavy atom. The third-order valence-electron chi connectivity index (χ3n) is 2.59. The highest BCUT2D eigenvalue weighted by atomic mass is 19.1. The Bertz CT molecular complexity index is 408. The lowest BCUT2D eigenvalue weighted by Crippen LogP contribution is -2.50. The number of anilines is 2. The van der Waals surface area contributed by atoms with Crippen LogP contribution in [0.15, 0.2) is 18.2 Å². The smallest absolute Gasteiger partial charge is 0.248 e. The van der Waals surface area contributed by atoms with Crippen LogP contribution in [0, 0.1) is 5.82 Å². The highest BCUT2D eigenvalue weighted by Crippen LogP contribution is 2.30. The van der Waals surface area contributed by atoms with Crippen molar-refractivity contribution in [1.29, 1.82) is 0 Å². The Hall–Kier alpha value is -1.62. The van der Waals surface area contributed by atoms with Crippen LogP contribution >= 0.6 is 0 Å². The molecule has 1 atom stereocenters. The number of nitrogens with one attached hydrogen (secondary N) is 1. The molecule has 0 aliphatic carbocycles. The maximum Gasteiger partial charge on any atom is 0.248 e. The lowest BCUT2D eigenvalue weighted by Gasteiger charge is -2.34. The number of hydrogen-bond acceptors (Lipinski definition) is 3. The molecule has 0 spiro atoms. The molecule has 4 nitrogen and oxygen atoms in total. The van der Waals surface area contributed by atoms with Crippen molar-refractivity contribution in [3.05, 3.63) is 24.0 Å². The summed E-state index contributed by atoms with van der Waals surface area (Å²) in [6.07, 6.45) is 0. The molecule has 0 saturated heterocycles. The van der Waals surface area contributed by atoms with Crippen LogP contribution in [0.2, 0.25) is 0 Å². The molecule has 5 heteroatoms. The minimum Gasteiger partial charge on any atom is -0.360 e. The SMILES string of the molecule is CN1c2ccc(F)cc2NC(=O)C1CN. The predicted molar refractivity (Wildman–Crippen MR) is 56.3 cm³/mol. The number of nitrogens with two attached hydrogens (primary N) is 1. The monoisotopic (exact) mass is 209 g/mol. The van der Waals surface area contributed by atoms with Crippen molar-refractivity contribution in [3.63, 3.8) is 0 Å². The van der Waals surface area contributed by atoms with Crippen LogP contribution in [0.4, 0.5) is 15.8 Å². The molecule has 80 valence electrons. The van der Waals surface area contributed by atoms with E-state index in [1.54, 1.807) is 18.0 Å². The van der Waals surface area contributed by atoms with E-state index in [1.165, 1.54) is 12.1 Å². The van der Waals surface area contributed by atoms with Gasteiger partial charge in [0, 0.05) is 13.6 Å². The van der Waals surface area contributed by atoms with Crippen LogP contribution in [-0.2, 0) is 4.79 Å². The van der Waals surface area contributed by atoms with Crippen LogP contribution < -0.4 is 16.0 Å². The summed E-state index contributed by atoms with van der Waals surface area (Å²) in [5.41, 5.74) is 6.77. The van der Waals surface area contributed by atoms with E-state index in [-0.39, 0.29) is 24.3 Å². The molecular weight excluding hydrogens is 197 g/mol. The molecule has 3 N–H and O–H groups in total. The van der Waals surface area contributed by atoms with E-state index in [2.05, 4.69) is 5.32 Å². The van der Waals surface area contributed by atoms with Gasteiger partial charge in [-0.1, -0.05) is 0 Å². The molecule has 1 unspecified atom stereocenters. The van der Waals surface area contributed by atoms with Gasteiger partial charge in [0.15, 0.2) is 0 Å². The molecular formula is C10H12FN3O. The highest BCUT2D eigenvalue weighted by Gasteiger charge is 2.29. The fraction of sp³-hybridized carbons (Fsp3) is 0.300. The maximum absolute atomic E-state index is 12.9. The van der Waals surface area contributed by atoms with Gasteiger partial charge in [-0.15, -0.1) is 0 Å². The summed E-state index contributed by atoms with van der Waals surface area (Å²) in [6.45, 7) is 0.235. The summed E-state index contributed by atoms with van der Waals surface area (Å²) in [7, 11) is 1.77. The second kappa shape index (κ2) is 3.51. The number of fused-ring (bicyclic) bond motifs is 1. The number of rotatable bonds is 1. The predicted octanol–water partition coefficient (Wildman–Crippen LogP) is 0.541. The third-order valence-corrected chi connectivity index (χ3v) is 2.59. The number of likely N-dealkylation sites (N-methyl/N-ethyl adjacent to an activating group) is 1. The zero-order valence-electron chi connectivity index (χ0n) is 8.33. The van der Waals surface area contributed by atoms with Crippen molar-refractivity contribution in [2.45, 2.75) is 6.04 Å². The molecule has 1 aliphatic rings. The van der Waals surface area contributed by atoms with Crippen molar-refractivity contribution in [2.75, 3.05) is 23.8 Å². The molecule has 15 heavy (non-hydrogen) atoms. The third kappa shape index (κ3) is 1.55. The number of amides is 1. The standard InChI is InChI=1S/C10H12FN3O/c1-14-8-3-2-6(11)4-7(8)13-10(15)9(14)5-12/h2-4,9H,5,12H2,1H3,(H,13,15). The summed E-state index contributed by atoms with van der Waals surface area (Å²) < 4.78 is 12.9. The first-order valence-corrected chi connectivity index (χ1v) is 4.67. The second-order valence-electron chi connectivity index (χ2n) is 3.51. The van der Waals surface area contributed by atoms with Gasteiger partial charge in [-0.25, -0.2) is 4.39 Å². The van der Waals surface area contributed by atoms with Crippen molar-refractivity contribution in [1.82, 2.24) is 0 Å². The minimum absolute atomic E-state index is 0.196. The molecule has 0 radical (unpaired) electrons. The number of nitrogens with zero attached hydrogens (tertiary/aromatic N) is 1. The highest BCUT2D eigenvalue weighted by molar-refractivity contribution is 6.03. The van der Waals surface area contributed by atoms with Gasteiger partial charge >= 0.3 is 0 Å². The van der Waals surface area contributed by atoms with E-state index in [0.717, 1.165) is 5.69 Å². The fourth-order valence-electron chi connectivity index (χ4n) is 1.74. The van der Waals surface area contributed by atoms with Gasteiger partial charge < -0.3 is 16.0 Å². The van der Waals surface area contributed by atoms with E-state index in [0.29, 0.717) is 5.69 Å². The molecule has 0 saturated carbocycles. The average molecular weight is 209 g/mol. The minimum atomic E-state index is -0.386. The van der Waals surface area contributed by atoms with Gasteiger partial charge in [0.2, 0.25) is 5.91 Å². The van der Waals surface area contributed by atoms with Crippen LogP contribution in [0.25, 0.3) is 0 Å². The summed E-state index contributed by atoms with van der Waals surface area (Å²) >= 11 is 0. The van der Waals surface area contributed by atoms with Crippen LogP contribution in [0.5, 0.6) is 0 Å². The number of benzene rings is 1. The molecule has 1 amide bonds. The van der Waals surface area contributed by atoms with Gasteiger partial charge in [0.1, 0.15) is 11.9 Å². The fourth-order valence-corrected chi connectivity index (χ4v) is 1.74. The molecule has 1 heterocycles. The lowest BCUT2D eigenvalue weighted by molar-refractivity contribution is -0.117. The second-order valence-corrected chi connectivity index (χ2v) is 3.51. The summed E-state index contributed by atoms with van der Waals surface area (Å²) in [5, 5.41) is 2.63. The van der Waals surface area contributed by atoms with Crippen LogP contribution in [-0.4, -0.2) is 25.5 Å². The number of carbonyl (C=O) groups is 1. The van der Waals surface area contributed by atoms with Crippen molar-refractivity contribution < 1.29 is 9.18 Å². The molecule has 1 aromatic carbocycles. The van der Waals surface area contributed by atoms with E-state index < -0.39 is 0 Å². The Morgan fingerprint density at radius 2 is 2.33 bits per heavy atom. The summed E-state index contributed by atoms with van der Waals surface area (Å²) in [4.78, 5) is 13.3. The van der Waals surface area contributed by atoms with Crippen LogP contribution in [0.1, 0.15) is 0 Å². The molecule has 1 aliphatic heterocycles. The number of carbonyl (C=O) groups excluding carboxylic acids is 1. The summed E-state index contributed by atoms with van der Waals surface area (Å²) in [5.74, 6) is -0.563. The van der Waals surface area contributed by atoms with Crippen molar-refractivity contribution in [2.24, 2.45) is 5.73 Å². The Balaban J connectivity index is 2.45. The first-order valence-electron chi connectivity index (χ1n) is 4.67. The molecule has 1 aromatic rings. The van der Waals surface area contributed by atoms with Gasteiger partial charge in [-0.2, -0.15) is 0 Å². The van der Waals surface area contributed by atoms with E-state index >= 15 is 0 Å². The number of halogens is 1. The Labute approximate surface area is 86.9 Å². The average Bonchev–Trinajstić information content (AvgIpc) is 2.17. The van der Waals surface area contributed by atoms with Gasteiger partial charge in [0.05, 0.1) is 11.4 Å². The largest absolute Gasteiger partial charge is 0.360 e. The first kappa shape index (κ1) is 9.92. The van der Waals surface area contributed by atoms with Crippen LogP contribution in [0.3, 0.4) is 0 Å². The van der Waals surface area contributed by atoms with Crippen molar-refractivity contribution in [3.8, 4) is 0 Å². The summed E-state index contributed by atoms with van der Waals surface area (Å²) in [6, 6.07) is 3.91. The van der Waals surface area contributed by atoms with E-state index in [9.17, 15) is 9.18 Å². The molecule has 0 bridgehead atoms.